The van der Waals surface area contributed by atoms with Gasteiger partial charge in [0.05, 0.1) is 0 Å². The lowest BCUT2D eigenvalue weighted by atomic mass is 9.91. The Morgan fingerprint density at radius 3 is 1.84 bits per heavy atom. The Morgan fingerprint density at radius 2 is 1.36 bits per heavy atom. The molecule has 0 bridgehead atoms. The van der Waals surface area contributed by atoms with Gasteiger partial charge >= 0.3 is 0 Å². The van der Waals surface area contributed by atoms with E-state index in [1.807, 2.05) is 19.1 Å². The Labute approximate surface area is 152 Å². The number of rotatable bonds is 4. The lowest BCUT2D eigenvalue weighted by Crippen LogP contribution is -2.12. The second kappa shape index (κ2) is 7.39. The van der Waals surface area contributed by atoms with Gasteiger partial charge in [0, 0.05) is 0 Å². The van der Waals surface area contributed by atoms with Gasteiger partial charge < -0.3 is 0 Å². The molecule has 2 aromatic rings. The molecule has 0 aliphatic carbocycles. The zero-order valence-electron chi connectivity index (χ0n) is 16.5. The van der Waals surface area contributed by atoms with E-state index in [4.69, 9.17) is 0 Å². The number of hydrogen-bond donors (Lipinski definition) is 0. The Morgan fingerprint density at radius 1 is 0.840 bits per heavy atom. The largest absolute Gasteiger partial charge is 0.240 e. The molecule has 0 unspecified atom stereocenters. The topological polar surface area (TPSA) is 0 Å². The summed E-state index contributed by atoms with van der Waals surface area (Å²) in [4.78, 5) is 0. The highest BCUT2D eigenvalue weighted by atomic mass is 19.1. The summed E-state index contributed by atoms with van der Waals surface area (Å²) in [5.74, 6) is 0. The first-order valence-electron chi connectivity index (χ1n) is 8.83. The van der Waals surface area contributed by atoms with Gasteiger partial charge in [0.15, 0.2) is 0 Å². The summed E-state index contributed by atoms with van der Waals surface area (Å²) >= 11 is 0. The van der Waals surface area contributed by atoms with Gasteiger partial charge in [0.1, 0.15) is 5.67 Å². The number of allylic oxidation sites excluding steroid dienone is 4. The number of hydrogen-bond acceptors (Lipinski definition) is 0. The summed E-state index contributed by atoms with van der Waals surface area (Å²) in [6, 6.07) is 13.1. The second-order valence-electron chi connectivity index (χ2n) is 7.52. The minimum Gasteiger partial charge on any atom is -0.240 e. The van der Waals surface area contributed by atoms with Crippen LogP contribution in [0.2, 0.25) is 0 Å². The maximum Gasteiger partial charge on any atom is 0.126 e. The van der Waals surface area contributed by atoms with Gasteiger partial charge in [-0.2, -0.15) is 0 Å². The molecule has 0 heterocycles. The molecule has 0 N–H and O–H groups in total. The van der Waals surface area contributed by atoms with E-state index in [0.717, 1.165) is 11.1 Å². The molecule has 132 valence electrons. The van der Waals surface area contributed by atoms with E-state index in [9.17, 15) is 4.39 Å². The van der Waals surface area contributed by atoms with Crippen LogP contribution in [0.15, 0.2) is 54.1 Å². The van der Waals surface area contributed by atoms with Gasteiger partial charge in [-0.25, -0.2) is 4.39 Å². The average Bonchev–Trinajstić information content (AvgIpc) is 2.51. The van der Waals surface area contributed by atoms with E-state index in [2.05, 4.69) is 64.1 Å². The van der Waals surface area contributed by atoms with Crippen LogP contribution in [-0.4, -0.2) is 5.67 Å². The predicted octanol–water partition coefficient (Wildman–Crippen LogP) is 7.38. The summed E-state index contributed by atoms with van der Waals surface area (Å²) < 4.78 is 14.0. The normalized spacial score (nSPS) is 13.3. The smallest absolute Gasteiger partial charge is 0.126 e. The predicted molar refractivity (Wildman–Crippen MR) is 109 cm³/mol. The SMILES string of the molecule is C/C(=C\C=C(/C)C(C)(C)F)c1c(C)cc(-c2ccc(C)cc2)cc1C. The first kappa shape index (κ1) is 19.2. The van der Waals surface area contributed by atoms with Crippen LogP contribution in [0.5, 0.6) is 0 Å². The monoisotopic (exact) mass is 336 g/mol. The molecule has 0 aromatic heterocycles. The van der Waals surface area contributed by atoms with Crippen LogP contribution in [0.25, 0.3) is 16.7 Å². The lowest BCUT2D eigenvalue weighted by Gasteiger charge is -2.15. The van der Waals surface area contributed by atoms with Gasteiger partial charge in [-0.15, -0.1) is 0 Å². The highest BCUT2D eigenvalue weighted by molar-refractivity contribution is 5.75. The first-order valence-corrected chi connectivity index (χ1v) is 8.83. The van der Waals surface area contributed by atoms with Crippen molar-refractivity contribution in [2.45, 2.75) is 54.1 Å². The van der Waals surface area contributed by atoms with E-state index in [1.54, 1.807) is 13.8 Å². The third-order valence-electron chi connectivity index (χ3n) is 4.83. The highest BCUT2D eigenvalue weighted by Gasteiger charge is 2.17. The molecule has 2 rings (SSSR count). The second-order valence-corrected chi connectivity index (χ2v) is 7.52. The van der Waals surface area contributed by atoms with Gasteiger partial charge in [0.25, 0.3) is 0 Å². The van der Waals surface area contributed by atoms with E-state index in [1.165, 1.54) is 33.4 Å². The van der Waals surface area contributed by atoms with Gasteiger partial charge in [-0.05, 0) is 87.4 Å². The van der Waals surface area contributed by atoms with Crippen LogP contribution >= 0.6 is 0 Å². The molecule has 0 amide bonds. The zero-order valence-corrected chi connectivity index (χ0v) is 16.5. The Hall–Kier alpha value is -2.15. The number of aryl methyl sites for hydroxylation is 3. The molecule has 0 spiro atoms. The maximum atomic E-state index is 14.0. The van der Waals surface area contributed by atoms with Crippen LogP contribution in [-0.2, 0) is 0 Å². The van der Waals surface area contributed by atoms with Crippen molar-refractivity contribution in [2.24, 2.45) is 0 Å². The van der Waals surface area contributed by atoms with Crippen molar-refractivity contribution in [1.29, 1.82) is 0 Å². The third-order valence-corrected chi connectivity index (χ3v) is 4.83. The van der Waals surface area contributed by atoms with Crippen LogP contribution in [0.4, 0.5) is 4.39 Å². The summed E-state index contributed by atoms with van der Waals surface area (Å²) in [6.07, 6.45) is 3.92. The van der Waals surface area contributed by atoms with Crippen molar-refractivity contribution < 1.29 is 4.39 Å². The fourth-order valence-electron chi connectivity index (χ4n) is 3.03. The molecular weight excluding hydrogens is 307 g/mol. The van der Waals surface area contributed by atoms with Crippen LogP contribution in [0.1, 0.15) is 49.9 Å². The van der Waals surface area contributed by atoms with Gasteiger partial charge in [-0.3, -0.25) is 0 Å². The quantitative estimate of drug-likeness (QED) is 0.511. The van der Waals surface area contributed by atoms with Crippen molar-refractivity contribution >= 4 is 5.57 Å². The zero-order chi connectivity index (χ0) is 18.8. The van der Waals surface area contributed by atoms with Crippen molar-refractivity contribution in [3.05, 3.63) is 76.4 Å². The molecule has 0 aliphatic rings. The van der Waals surface area contributed by atoms with Crippen molar-refractivity contribution in [3.63, 3.8) is 0 Å². The van der Waals surface area contributed by atoms with Crippen LogP contribution < -0.4 is 0 Å². The van der Waals surface area contributed by atoms with E-state index in [-0.39, 0.29) is 0 Å². The molecule has 25 heavy (non-hydrogen) atoms. The molecular formula is C24H29F. The molecule has 0 fully saturated rings. The van der Waals surface area contributed by atoms with E-state index < -0.39 is 5.67 Å². The fraction of sp³-hybridized carbons (Fsp3) is 0.333. The molecule has 0 saturated carbocycles. The van der Waals surface area contributed by atoms with Crippen molar-refractivity contribution in [2.75, 3.05) is 0 Å². The standard InChI is InChI=1S/C24H29F/c1-16-8-12-21(13-9-16)22-14-18(3)23(19(4)15-22)17(2)10-11-20(5)24(6,7)25/h8-15H,1-7H3/b17-10+,20-11+. The van der Waals surface area contributed by atoms with Gasteiger partial charge in [0.2, 0.25) is 0 Å². The van der Waals surface area contributed by atoms with Crippen molar-refractivity contribution in [1.82, 2.24) is 0 Å². The van der Waals surface area contributed by atoms with Crippen LogP contribution in [0.3, 0.4) is 0 Å². The molecule has 0 nitrogen and oxygen atoms in total. The summed E-state index contributed by atoms with van der Waals surface area (Å²) in [7, 11) is 0. The van der Waals surface area contributed by atoms with E-state index in [0.29, 0.717) is 0 Å². The summed E-state index contributed by atoms with van der Waals surface area (Å²) in [6.45, 7) is 13.5. The van der Waals surface area contributed by atoms with Crippen LogP contribution in [0, 0.1) is 20.8 Å². The minimum absolute atomic E-state index is 0.735. The molecule has 0 aliphatic heterocycles. The average molecular weight is 336 g/mol. The molecule has 0 radical (unpaired) electrons. The summed E-state index contributed by atoms with van der Waals surface area (Å²) in [5, 5.41) is 0. The Kier molecular flexibility index (Phi) is 5.67. The minimum atomic E-state index is -1.28. The molecule has 0 atom stereocenters. The van der Waals surface area contributed by atoms with E-state index >= 15 is 0 Å². The summed E-state index contributed by atoms with van der Waals surface area (Å²) in [5.41, 5.74) is 8.10. The molecule has 0 saturated heterocycles. The Balaban J connectivity index is 2.42. The Bertz CT molecular complexity index is 789. The number of benzene rings is 2. The van der Waals surface area contributed by atoms with Crippen molar-refractivity contribution in [3.8, 4) is 11.1 Å². The highest BCUT2D eigenvalue weighted by Crippen LogP contribution is 2.30. The molecule has 2 aromatic carbocycles. The number of halogens is 1. The molecule has 1 heteroatoms. The third kappa shape index (κ3) is 4.69. The fourth-order valence-corrected chi connectivity index (χ4v) is 3.03. The number of alkyl halides is 1. The van der Waals surface area contributed by atoms with Gasteiger partial charge in [-0.1, -0.05) is 54.1 Å². The first-order chi connectivity index (χ1) is 11.6. The maximum absolute atomic E-state index is 14.0. The lowest BCUT2D eigenvalue weighted by molar-refractivity contribution is 0.268.